The standard InChI is InChI=1S/C20H30O2/c1-8-11-12-15(9-2)17(10-3)22-19(21)18-16(13-14(4)5)20(18,6)7/h3,12-13,16-18H,8-9,11H2,1-2,4-7H3. The molecule has 0 aromatic heterocycles. The number of esters is 1. The number of hydrogen-bond acceptors (Lipinski definition) is 2. The molecule has 0 amide bonds. The lowest BCUT2D eigenvalue weighted by atomic mass is 10.1. The van der Waals surface area contributed by atoms with Crippen molar-refractivity contribution in [2.75, 3.05) is 0 Å². The van der Waals surface area contributed by atoms with Gasteiger partial charge in [0.1, 0.15) is 0 Å². The summed E-state index contributed by atoms with van der Waals surface area (Å²) in [7, 11) is 0. The first-order chi connectivity index (χ1) is 10.3. The Kier molecular flexibility index (Phi) is 6.48. The van der Waals surface area contributed by atoms with E-state index in [0.29, 0.717) is 0 Å². The molecule has 0 N–H and O–H groups in total. The van der Waals surface area contributed by atoms with E-state index in [0.717, 1.165) is 24.8 Å². The van der Waals surface area contributed by atoms with Crippen LogP contribution in [0.2, 0.25) is 0 Å². The number of terminal acetylenes is 1. The molecule has 0 aromatic carbocycles. The van der Waals surface area contributed by atoms with Crippen LogP contribution >= 0.6 is 0 Å². The van der Waals surface area contributed by atoms with Crippen molar-refractivity contribution < 1.29 is 9.53 Å². The van der Waals surface area contributed by atoms with Crippen molar-refractivity contribution >= 4 is 5.97 Å². The van der Waals surface area contributed by atoms with Crippen LogP contribution in [0.25, 0.3) is 0 Å². The van der Waals surface area contributed by atoms with E-state index in [2.05, 4.69) is 52.7 Å². The largest absolute Gasteiger partial charge is 0.444 e. The van der Waals surface area contributed by atoms with Crippen LogP contribution in [0.4, 0.5) is 0 Å². The van der Waals surface area contributed by atoms with Crippen molar-refractivity contribution in [3.8, 4) is 12.3 Å². The minimum atomic E-state index is -0.521. The van der Waals surface area contributed by atoms with Gasteiger partial charge in [-0.1, -0.05) is 57.8 Å². The molecule has 0 saturated heterocycles. The molecule has 1 aliphatic rings. The van der Waals surface area contributed by atoms with E-state index >= 15 is 0 Å². The Balaban J connectivity index is 2.79. The van der Waals surface area contributed by atoms with Crippen LogP contribution in [-0.4, -0.2) is 12.1 Å². The predicted octanol–water partition coefficient (Wildman–Crippen LogP) is 4.91. The number of carbonyl (C=O) groups is 1. The third-order valence-electron chi connectivity index (χ3n) is 4.50. The summed E-state index contributed by atoms with van der Waals surface area (Å²) in [6.45, 7) is 12.5. The van der Waals surface area contributed by atoms with Gasteiger partial charge < -0.3 is 4.74 Å². The first-order valence-electron chi connectivity index (χ1n) is 8.30. The van der Waals surface area contributed by atoms with E-state index in [1.54, 1.807) is 0 Å². The van der Waals surface area contributed by atoms with Crippen molar-refractivity contribution in [1.82, 2.24) is 0 Å². The molecule has 0 heterocycles. The molecule has 0 spiro atoms. The highest BCUT2D eigenvalue weighted by Gasteiger charge is 2.61. The van der Waals surface area contributed by atoms with Crippen LogP contribution in [0.1, 0.15) is 60.8 Å². The second-order valence-corrected chi connectivity index (χ2v) is 6.97. The topological polar surface area (TPSA) is 26.3 Å². The Bertz CT molecular complexity index is 498. The minimum Gasteiger partial charge on any atom is -0.444 e. The van der Waals surface area contributed by atoms with Crippen LogP contribution < -0.4 is 0 Å². The highest BCUT2D eigenvalue weighted by Crippen LogP contribution is 2.60. The zero-order chi connectivity index (χ0) is 16.9. The summed E-state index contributed by atoms with van der Waals surface area (Å²) in [4.78, 5) is 12.5. The third kappa shape index (κ3) is 4.26. The number of hydrogen-bond donors (Lipinski definition) is 0. The van der Waals surface area contributed by atoms with Crippen LogP contribution in [-0.2, 0) is 9.53 Å². The van der Waals surface area contributed by atoms with Crippen molar-refractivity contribution in [3.05, 3.63) is 23.3 Å². The summed E-state index contributed by atoms with van der Waals surface area (Å²) in [5.74, 6) is 2.65. The molecule has 1 saturated carbocycles. The summed E-state index contributed by atoms with van der Waals surface area (Å²) in [6, 6.07) is 0. The molecule has 3 atom stereocenters. The summed E-state index contributed by atoms with van der Waals surface area (Å²) in [5, 5.41) is 0. The van der Waals surface area contributed by atoms with E-state index in [1.807, 2.05) is 6.92 Å². The molecule has 122 valence electrons. The van der Waals surface area contributed by atoms with E-state index in [1.165, 1.54) is 5.57 Å². The highest BCUT2D eigenvalue weighted by molar-refractivity contribution is 5.79. The zero-order valence-electron chi connectivity index (χ0n) is 14.9. The van der Waals surface area contributed by atoms with Crippen LogP contribution in [0.5, 0.6) is 0 Å². The fourth-order valence-electron chi connectivity index (χ4n) is 2.97. The predicted molar refractivity (Wildman–Crippen MR) is 92.2 cm³/mol. The minimum absolute atomic E-state index is 0.0347. The number of carbonyl (C=O) groups excluding carboxylic acids is 1. The van der Waals surface area contributed by atoms with Crippen molar-refractivity contribution in [1.29, 1.82) is 0 Å². The van der Waals surface area contributed by atoms with Crippen molar-refractivity contribution in [2.24, 2.45) is 17.3 Å². The van der Waals surface area contributed by atoms with Gasteiger partial charge >= 0.3 is 5.97 Å². The number of unbranched alkanes of at least 4 members (excludes halogenated alkanes) is 1. The first-order valence-corrected chi connectivity index (χ1v) is 8.30. The fourth-order valence-corrected chi connectivity index (χ4v) is 2.97. The van der Waals surface area contributed by atoms with Gasteiger partial charge in [0, 0.05) is 0 Å². The Morgan fingerprint density at radius 3 is 2.45 bits per heavy atom. The number of rotatable bonds is 7. The van der Waals surface area contributed by atoms with Crippen LogP contribution in [0.3, 0.4) is 0 Å². The lowest BCUT2D eigenvalue weighted by Crippen LogP contribution is -2.21. The van der Waals surface area contributed by atoms with E-state index < -0.39 is 6.10 Å². The molecule has 0 aliphatic heterocycles. The first kappa shape index (κ1) is 18.6. The SMILES string of the molecule is C#CC(OC(=O)C1C(C=C(C)C)C1(C)C)C(=CCCC)CC. The molecule has 2 heteroatoms. The normalized spacial score (nSPS) is 24.1. The van der Waals surface area contributed by atoms with Gasteiger partial charge in [0.25, 0.3) is 0 Å². The molecule has 1 rings (SSSR count). The third-order valence-corrected chi connectivity index (χ3v) is 4.50. The van der Waals surface area contributed by atoms with E-state index in [-0.39, 0.29) is 23.2 Å². The van der Waals surface area contributed by atoms with Crippen molar-refractivity contribution in [3.63, 3.8) is 0 Å². The Morgan fingerprint density at radius 1 is 1.36 bits per heavy atom. The number of ether oxygens (including phenoxy) is 1. The van der Waals surface area contributed by atoms with Gasteiger partial charge in [0.2, 0.25) is 0 Å². The molecule has 0 aromatic rings. The van der Waals surface area contributed by atoms with Gasteiger partial charge in [-0.2, -0.15) is 0 Å². The lowest BCUT2D eigenvalue weighted by Gasteiger charge is -2.16. The van der Waals surface area contributed by atoms with Gasteiger partial charge in [-0.05, 0) is 43.6 Å². The average Bonchev–Trinajstić information content (AvgIpc) is 2.98. The molecular weight excluding hydrogens is 272 g/mol. The molecule has 3 unspecified atom stereocenters. The molecule has 22 heavy (non-hydrogen) atoms. The Labute approximate surface area is 136 Å². The Hall–Kier alpha value is -1.49. The van der Waals surface area contributed by atoms with E-state index in [4.69, 9.17) is 11.2 Å². The van der Waals surface area contributed by atoms with Gasteiger partial charge in [-0.25, -0.2) is 0 Å². The lowest BCUT2D eigenvalue weighted by molar-refractivity contribution is -0.147. The monoisotopic (exact) mass is 302 g/mol. The zero-order valence-corrected chi connectivity index (χ0v) is 14.9. The molecule has 1 fully saturated rings. The molecule has 2 nitrogen and oxygen atoms in total. The average molecular weight is 302 g/mol. The van der Waals surface area contributed by atoms with Gasteiger partial charge in [-0.15, -0.1) is 6.42 Å². The summed E-state index contributed by atoms with van der Waals surface area (Å²) >= 11 is 0. The van der Waals surface area contributed by atoms with E-state index in [9.17, 15) is 4.79 Å². The second-order valence-electron chi connectivity index (χ2n) is 6.97. The maximum atomic E-state index is 12.5. The number of allylic oxidation sites excluding steroid dienone is 3. The molecule has 0 radical (unpaired) electrons. The van der Waals surface area contributed by atoms with Gasteiger partial charge in [0.15, 0.2) is 6.10 Å². The summed E-state index contributed by atoms with van der Waals surface area (Å²) in [5.41, 5.74) is 2.24. The molecular formula is C20H30O2. The smallest absolute Gasteiger partial charge is 0.311 e. The summed E-state index contributed by atoms with van der Waals surface area (Å²) < 4.78 is 5.65. The van der Waals surface area contributed by atoms with Crippen molar-refractivity contribution in [2.45, 2.75) is 66.9 Å². The highest BCUT2D eigenvalue weighted by atomic mass is 16.5. The molecule has 1 aliphatic carbocycles. The Morgan fingerprint density at radius 2 is 2.00 bits per heavy atom. The van der Waals surface area contributed by atoms with Crippen LogP contribution in [0.15, 0.2) is 23.3 Å². The molecule has 0 bridgehead atoms. The second kappa shape index (κ2) is 7.68. The summed E-state index contributed by atoms with van der Waals surface area (Å²) in [6.07, 6.45) is 12.2. The van der Waals surface area contributed by atoms with Gasteiger partial charge in [0.05, 0.1) is 5.92 Å². The van der Waals surface area contributed by atoms with Gasteiger partial charge in [-0.3, -0.25) is 4.79 Å². The van der Waals surface area contributed by atoms with Crippen LogP contribution in [0, 0.1) is 29.6 Å². The fraction of sp³-hybridized carbons (Fsp3) is 0.650. The maximum Gasteiger partial charge on any atom is 0.311 e. The maximum absolute atomic E-state index is 12.5. The quantitative estimate of drug-likeness (QED) is 0.379.